The lowest BCUT2D eigenvalue weighted by Gasteiger charge is -2.24. The average Bonchev–Trinajstić information content (AvgIpc) is 3.18. The molecule has 172 valence electrons. The summed E-state index contributed by atoms with van der Waals surface area (Å²) in [7, 11) is -3.52. The van der Waals surface area contributed by atoms with Crippen LogP contribution in [0, 0.1) is 13.8 Å². The van der Waals surface area contributed by atoms with Gasteiger partial charge in [-0.05, 0) is 62.3 Å². The van der Waals surface area contributed by atoms with Crippen molar-refractivity contribution in [2.24, 2.45) is 0 Å². The zero-order chi connectivity index (χ0) is 23.3. The Balaban J connectivity index is 1.84. The molecule has 0 saturated carbocycles. The largest absolute Gasteiger partial charge is 0.302 e. The predicted octanol–water partition coefficient (Wildman–Crippen LogP) is 4.45. The van der Waals surface area contributed by atoms with Crippen molar-refractivity contribution in [3.05, 3.63) is 53.6 Å². The van der Waals surface area contributed by atoms with Crippen LogP contribution in [0.15, 0.2) is 47.4 Å². The quantitative estimate of drug-likeness (QED) is 0.435. The normalized spacial score (nSPS) is 11.9. The van der Waals surface area contributed by atoms with Crippen molar-refractivity contribution >= 4 is 42.4 Å². The highest BCUT2D eigenvalue weighted by Crippen LogP contribution is 2.31. The van der Waals surface area contributed by atoms with Crippen LogP contribution in [0.25, 0.3) is 10.2 Å². The minimum absolute atomic E-state index is 0.0799. The maximum Gasteiger partial charge on any atom is 0.229 e. The zero-order valence-corrected chi connectivity index (χ0v) is 20.8. The van der Waals surface area contributed by atoms with Crippen LogP contribution in [0.5, 0.6) is 0 Å². The maximum absolute atomic E-state index is 13.2. The second-order valence-corrected chi connectivity index (χ2v) is 11.0. The number of rotatable bonds is 10. The van der Waals surface area contributed by atoms with Crippen molar-refractivity contribution in [1.29, 1.82) is 0 Å². The van der Waals surface area contributed by atoms with E-state index in [1.54, 1.807) is 35.2 Å². The third kappa shape index (κ3) is 5.74. The topological polar surface area (TPSA) is 70.6 Å². The molecule has 0 atom stereocenters. The van der Waals surface area contributed by atoms with Crippen molar-refractivity contribution in [2.75, 3.05) is 36.8 Å². The number of nitrogens with zero attached hydrogens (tertiary/aromatic N) is 3. The number of carbonyl (C=O) groups is 1. The SMILES string of the molecule is CCN(CC)CCN(C(=O)CCS(=O)(=O)c1ccccc1)c1nc2cc(C)c(C)cc2s1. The van der Waals surface area contributed by atoms with Crippen LogP contribution in [0.4, 0.5) is 5.13 Å². The lowest BCUT2D eigenvalue weighted by atomic mass is 10.1. The molecule has 0 aliphatic rings. The molecule has 1 aromatic heterocycles. The van der Waals surface area contributed by atoms with Gasteiger partial charge < -0.3 is 4.90 Å². The van der Waals surface area contributed by atoms with E-state index in [1.165, 1.54) is 16.9 Å². The molecule has 1 heterocycles. The number of anilines is 1. The Kier molecular flexibility index (Phi) is 8.03. The minimum Gasteiger partial charge on any atom is -0.302 e. The first kappa shape index (κ1) is 24.4. The third-order valence-corrected chi connectivity index (χ3v) is 8.52. The van der Waals surface area contributed by atoms with Crippen molar-refractivity contribution in [1.82, 2.24) is 9.88 Å². The molecule has 8 heteroatoms. The summed E-state index contributed by atoms with van der Waals surface area (Å²) in [6.45, 7) is 11.2. The molecule has 32 heavy (non-hydrogen) atoms. The van der Waals surface area contributed by atoms with Crippen molar-refractivity contribution in [3.8, 4) is 0 Å². The first-order chi connectivity index (χ1) is 15.2. The number of hydrogen-bond acceptors (Lipinski definition) is 6. The summed E-state index contributed by atoms with van der Waals surface area (Å²) in [5, 5.41) is 0.624. The highest BCUT2D eigenvalue weighted by molar-refractivity contribution is 7.91. The fourth-order valence-corrected chi connectivity index (χ4v) is 5.83. The summed E-state index contributed by atoms with van der Waals surface area (Å²) in [5.74, 6) is -0.440. The summed E-state index contributed by atoms with van der Waals surface area (Å²) in [5.41, 5.74) is 3.21. The van der Waals surface area contributed by atoms with Gasteiger partial charge in [-0.25, -0.2) is 13.4 Å². The molecule has 0 saturated heterocycles. The molecule has 0 spiro atoms. The van der Waals surface area contributed by atoms with Gasteiger partial charge in [0.05, 0.1) is 20.9 Å². The van der Waals surface area contributed by atoms with Gasteiger partial charge in [-0.3, -0.25) is 9.69 Å². The van der Waals surface area contributed by atoms with E-state index in [0.717, 1.165) is 28.9 Å². The summed E-state index contributed by atoms with van der Waals surface area (Å²) in [4.78, 5) is 22.1. The molecule has 6 nitrogen and oxygen atoms in total. The molecule has 2 aromatic carbocycles. The van der Waals surface area contributed by atoms with E-state index in [-0.39, 0.29) is 23.0 Å². The van der Waals surface area contributed by atoms with E-state index in [2.05, 4.69) is 31.7 Å². The van der Waals surface area contributed by atoms with E-state index in [4.69, 9.17) is 4.98 Å². The molecular weight excluding hydrogens is 442 g/mol. The smallest absolute Gasteiger partial charge is 0.229 e. The number of sulfone groups is 1. The van der Waals surface area contributed by atoms with E-state index < -0.39 is 9.84 Å². The number of thiazole rings is 1. The standard InChI is InChI=1S/C24H31N3O3S2/c1-5-26(6-2)13-14-27(24-25-21-16-18(3)19(4)17-22(21)31-24)23(28)12-15-32(29,30)20-10-8-7-9-11-20/h7-11,16-17H,5-6,12-15H2,1-4H3. The van der Waals surface area contributed by atoms with Gasteiger partial charge in [-0.15, -0.1) is 0 Å². The molecule has 0 unspecified atom stereocenters. The first-order valence-corrected chi connectivity index (χ1v) is 13.4. The van der Waals surface area contributed by atoms with Gasteiger partial charge in [0.1, 0.15) is 0 Å². The summed E-state index contributed by atoms with van der Waals surface area (Å²) < 4.78 is 26.4. The Labute approximate surface area is 194 Å². The van der Waals surface area contributed by atoms with E-state index in [1.807, 2.05) is 13.0 Å². The summed E-state index contributed by atoms with van der Waals surface area (Å²) in [6.07, 6.45) is -0.0799. The Hall–Kier alpha value is -2.29. The van der Waals surface area contributed by atoms with Crippen LogP contribution in [0.1, 0.15) is 31.4 Å². The van der Waals surface area contributed by atoms with Crippen LogP contribution in [-0.2, 0) is 14.6 Å². The van der Waals surface area contributed by atoms with Crippen LogP contribution in [-0.4, -0.2) is 56.1 Å². The molecule has 1 amide bonds. The van der Waals surface area contributed by atoms with Gasteiger partial charge in [0.25, 0.3) is 0 Å². The van der Waals surface area contributed by atoms with Crippen molar-refractivity contribution in [3.63, 3.8) is 0 Å². The van der Waals surface area contributed by atoms with Gasteiger partial charge in [0.2, 0.25) is 5.91 Å². The number of carbonyl (C=O) groups excluding carboxylic acids is 1. The maximum atomic E-state index is 13.2. The lowest BCUT2D eigenvalue weighted by Crippen LogP contribution is -2.39. The predicted molar refractivity (Wildman–Crippen MR) is 132 cm³/mol. The molecule has 0 radical (unpaired) electrons. The number of aromatic nitrogens is 1. The Bertz CT molecular complexity index is 1130. The number of benzene rings is 2. The Morgan fingerprint density at radius 3 is 2.31 bits per heavy atom. The first-order valence-electron chi connectivity index (χ1n) is 10.9. The van der Waals surface area contributed by atoms with Gasteiger partial charge >= 0.3 is 0 Å². The third-order valence-electron chi connectivity index (χ3n) is 5.75. The van der Waals surface area contributed by atoms with Crippen molar-refractivity contribution in [2.45, 2.75) is 39.0 Å². The second-order valence-electron chi connectivity index (χ2n) is 7.85. The molecule has 0 bridgehead atoms. The van der Waals surface area contributed by atoms with Gasteiger partial charge in [0, 0.05) is 19.5 Å². The van der Waals surface area contributed by atoms with Gasteiger partial charge in [-0.2, -0.15) is 0 Å². The molecular formula is C24H31N3O3S2. The Morgan fingerprint density at radius 1 is 1.00 bits per heavy atom. The van der Waals surface area contributed by atoms with Crippen LogP contribution >= 0.6 is 11.3 Å². The van der Waals surface area contributed by atoms with E-state index in [0.29, 0.717) is 18.2 Å². The zero-order valence-electron chi connectivity index (χ0n) is 19.2. The molecule has 3 rings (SSSR count). The highest BCUT2D eigenvalue weighted by atomic mass is 32.2. The number of hydrogen-bond donors (Lipinski definition) is 0. The molecule has 3 aromatic rings. The minimum atomic E-state index is -3.52. The molecule has 0 fully saturated rings. The van der Waals surface area contributed by atoms with Gasteiger partial charge in [-0.1, -0.05) is 43.4 Å². The lowest BCUT2D eigenvalue weighted by molar-refractivity contribution is -0.118. The fraction of sp³-hybridized carbons (Fsp3) is 0.417. The van der Waals surface area contributed by atoms with Crippen LogP contribution in [0.2, 0.25) is 0 Å². The van der Waals surface area contributed by atoms with Gasteiger partial charge in [0.15, 0.2) is 15.0 Å². The van der Waals surface area contributed by atoms with Crippen molar-refractivity contribution < 1.29 is 13.2 Å². The number of likely N-dealkylation sites (N-methyl/N-ethyl adjacent to an activating group) is 1. The number of aryl methyl sites for hydroxylation is 2. The summed E-state index contributed by atoms with van der Waals surface area (Å²) in [6, 6.07) is 12.4. The number of amides is 1. The number of fused-ring (bicyclic) bond motifs is 1. The van der Waals surface area contributed by atoms with Crippen LogP contribution in [0.3, 0.4) is 0 Å². The monoisotopic (exact) mass is 473 g/mol. The van der Waals surface area contributed by atoms with E-state index in [9.17, 15) is 13.2 Å². The molecule has 0 aliphatic heterocycles. The van der Waals surface area contributed by atoms with Crippen LogP contribution < -0.4 is 4.90 Å². The molecule has 0 N–H and O–H groups in total. The Morgan fingerprint density at radius 2 is 1.66 bits per heavy atom. The highest BCUT2D eigenvalue weighted by Gasteiger charge is 2.23. The average molecular weight is 474 g/mol. The second kappa shape index (κ2) is 10.6. The summed E-state index contributed by atoms with van der Waals surface area (Å²) >= 11 is 1.48. The van der Waals surface area contributed by atoms with E-state index >= 15 is 0 Å². The molecule has 0 aliphatic carbocycles. The fourth-order valence-electron chi connectivity index (χ4n) is 3.49.